The Kier molecular flexibility index (Phi) is 19.3. The number of carbonyl (C=O) groups excluding carboxylic acids is 2. The van der Waals surface area contributed by atoms with E-state index >= 15 is 0 Å². The van der Waals surface area contributed by atoms with E-state index in [0.717, 1.165) is 49.7 Å². The normalized spacial score (nSPS) is 12.7. The zero-order valence-corrected chi connectivity index (χ0v) is 22.0. The van der Waals surface area contributed by atoms with Crippen molar-refractivity contribution >= 4 is 11.9 Å². The van der Waals surface area contributed by atoms with Crippen LogP contribution in [0.4, 0.5) is 0 Å². The molecule has 2 rings (SSSR count). The van der Waals surface area contributed by atoms with E-state index in [2.05, 4.69) is 0 Å². The van der Waals surface area contributed by atoms with Gasteiger partial charge >= 0.3 is 29.0 Å². The summed E-state index contributed by atoms with van der Waals surface area (Å²) in [4.78, 5) is 22.1. The number of ether oxygens (including phenoxy) is 2. The molecule has 0 bridgehead atoms. The van der Waals surface area contributed by atoms with Gasteiger partial charge in [-0.05, 0) is 50.7 Å². The largest absolute Gasteiger partial charge is 2.00 e. The Balaban J connectivity index is 0.000000642. The first-order chi connectivity index (χ1) is 16.5. The summed E-state index contributed by atoms with van der Waals surface area (Å²) in [6, 6.07) is 0. The van der Waals surface area contributed by atoms with E-state index in [1.165, 1.54) is 0 Å². The molecule has 194 valence electrons. The number of allylic oxidation sites excluding steroid dienone is 12. The van der Waals surface area contributed by atoms with E-state index in [1.54, 1.807) is 13.8 Å². The zero-order chi connectivity index (χ0) is 25.0. The monoisotopic (exact) mass is 526 g/mol. The van der Waals surface area contributed by atoms with Gasteiger partial charge in [-0.25, -0.2) is 0 Å². The van der Waals surface area contributed by atoms with Crippen LogP contribution in [-0.2, 0) is 36.1 Å². The molecule has 0 aromatic heterocycles. The third-order valence-corrected chi connectivity index (χ3v) is 5.15. The van der Waals surface area contributed by atoms with Crippen LogP contribution in [0.3, 0.4) is 0 Å². The SMILES string of the molecule is CCOC(=O)CCCCCC([O-])=C1C=CC=C1.CCOC(=O)CCCCCC([O-])=C1C=CC=C1.[Fe+2]. The standard InChI is InChI=1S/2C14H20O3.Fe/c2*1-2-17-14(16)11-5-3-4-10-13(15)12-8-6-7-9-12;/h2*6-9,15H,2-5,10-11H2,1H3;/q;;+2/p-2. The minimum absolute atomic E-state index is 0. The van der Waals surface area contributed by atoms with Crippen LogP contribution in [0.25, 0.3) is 0 Å². The molecule has 0 amide bonds. The molecule has 0 saturated heterocycles. The van der Waals surface area contributed by atoms with Gasteiger partial charge in [-0.1, -0.05) is 74.3 Å². The number of esters is 2. The Morgan fingerprint density at radius 3 is 1.23 bits per heavy atom. The molecule has 35 heavy (non-hydrogen) atoms. The number of hydrogen-bond acceptors (Lipinski definition) is 6. The summed E-state index contributed by atoms with van der Waals surface area (Å²) < 4.78 is 9.65. The molecule has 0 heterocycles. The Labute approximate surface area is 220 Å². The van der Waals surface area contributed by atoms with Crippen molar-refractivity contribution in [1.82, 2.24) is 0 Å². The maximum Gasteiger partial charge on any atom is 2.00 e. The van der Waals surface area contributed by atoms with E-state index in [1.807, 2.05) is 48.6 Å². The molecule has 0 aromatic rings. The van der Waals surface area contributed by atoms with Crippen LogP contribution < -0.4 is 10.2 Å². The minimum Gasteiger partial charge on any atom is -0.875 e. The molecule has 0 spiro atoms. The first-order valence-electron chi connectivity index (χ1n) is 12.3. The Morgan fingerprint density at radius 1 is 0.600 bits per heavy atom. The summed E-state index contributed by atoms with van der Waals surface area (Å²) in [6.07, 6.45) is 21.9. The molecular weight excluding hydrogens is 488 g/mol. The molecule has 0 aliphatic heterocycles. The number of rotatable bonds is 14. The molecular formula is C28H38FeO6. The quantitative estimate of drug-likeness (QED) is 0.143. The number of hydrogen-bond donors (Lipinski definition) is 0. The Hall–Kier alpha value is -2.50. The fourth-order valence-electron chi connectivity index (χ4n) is 3.34. The maximum atomic E-state index is 11.6. The predicted molar refractivity (Wildman–Crippen MR) is 130 cm³/mol. The van der Waals surface area contributed by atoms with Crippen molar-refractivity contribution < 1.29 is 46.3 Å². The van der Waals surface area contributed by atoms with Crippen LogP contribution in [-0.4, -0.2) is 25.2 Å². The summed E-state index contributed by atoms with van der Waals surface area (Å²) in [5.74, 6) is 0.0852. The number of carbonyl (C=O) groups is 2. The minimum atomic E-state index is -0.144. The summed E-state index contributed by atoms with van der Waals surface area (Å²) >= 11 is 0. The molecule has 7 heteroatoms. The van der Waals surface area contributed by atoms with Gasteiger partial charge in [0, 0.05) is 12.8 Å². The smallest absolute Gasteiger partial charge is 0.875 e. The van der Waals surface area contributed by atoms with Gasteiger partial charge in [0.05, 0.1) is 13.2 Å². The first kappa shape index (κ1) is 32.5. The van der Waals surface area contributed by atoms with E-state index in [4.69, 9.17) is 9.47 Å². The molecule has 0 N–H and O–H groups in total. The van der Waals surface area contributed by atoms with Crippen molar-refractivity contribution in [2.75, 3.05) is 13.2 Å². The summed E-state index contributed by atoms with van der Waals surface area (Å²) in [6.45, 7) is 4.48. The zero-order valence-electron chi connectivity index (χ0n) is 20.9. The van der Waals surface area contributed by atoms with Gasteiger partial charge in [0.2, 0.25) is 0 Å². The van der Waals surface area contributed by atoms with E-state index in [-0.39, 0.29) is 40.5 Å². The van der Waals surface area contributed by atoms with Gasteiger partial charge in [0.15, 0.2) is 0 Å². The van der Waals surface area contributed by atoms with E-state index in [9.17, 15) is 19.8 Å². The van der Waals surface area contributed by atoms with Crippen molar-refractivity contribution in [1.29, 1.82) is 0 Å². The Bertz CT molecular complexity index is 721. The van der Waals surface area contributed by atoms with Crippen LogP contribution >= 0.6 is 0 Å². The fraction of sp³-hybridized carbons (Fsp3) is 0.500. The van der Waals surface area contributed by atoms with Crippen molar-refractivity contribution in [3.8, 4) is 0 Å². The summed E-state index contributed by atoms with van der Waals surface area (Å²) in [7, 11) is 0. The summed E-state index contributed by atoms with van der Waals surface area (Å²) in [5, 5.41) is 23.2. The van der Waals surface area contributed by atoms with Crippen LogP contribution in [0.15, 0.2) is 71.3 Å². The maximum absolute atomic E-state index is 11.6. The summed E-state index contributed by atoms with van der Waals surface area (Å²) in [5.41, 5.74) is 1.57. The molecule has 2 aliphatic carbocycles. The molecule has 0 atom stereocenters. The first-order valence-corrected chi connectivity index (χ1v) is 12.3. The second kappa shape index (κ2) is 20.8. The van der Waals surface area contributed by atoms with Crippen molar-refractivity contribution in [2.24, 2.45) is 0 Å². The van der Waals surface area contributed by atoms with Gasteiger partial charge < -0.3 is 19.7 Å². The third kappa shape index (κ3) is 15.9. The molecule has 6 nitrogen and oxygen atoms in total. The third-order valence-electron chi connectivity index (χ3n) is 5.15. The second-order valence-corrected chi connectivity index (χ2v) is 7.92. The molecule has 0 unspecified atom stereocenters. The molecule has 0 saturated carbocycles. The van der Waals surface area contributed by atoms with Gasteiger partial charge in [0.1, 0.15) is 0 Å². The molecule has 0 aromatic carbocycles. The van der Waals surface area contributed by atoms with E-state index < -0.39 is 0 Å². The van der Waals surface area contributed by atoms with Crippen LogP contribution in [0.1, 0.15) is 78.1 Å². The van der Waals surface area contributed by atoms with Crippen LogP contribution in [0.5, 0.6) is 0 Å². The predicted octanol–water partition coefficient (Wildman–Crippen LogP) is 4.48. The van der Waals surface area contributed by atoms with Gasteiger partial charge in [-0.15, -0.1) is 11.5 Å². The van der Waals surface area contributed by atoms with Crippen molar-refractivity contribution in [2.45, 2.75) is 78.1 Å². The average Bonchev–Trinajstić information content (AvgIpc) is 3.54. The van der Waals surface area contributed by atoms with Crippen molar-refractivity contribution in [3.05, 3.63) is 71.3 Å². The molecule has 2 aliphatic rings. The average molecular weight is 526 g/mol. The molecule has 0 fully saturated rings. The fourth-order valence-corrected chi connectivity index (χ4v) is 3.34. The Morgan fingerprint density at radius 2 is 0.914 bits per heavy atom. The van der Waals surface area contributed by atoms with Crippen molar-refractivity contribution in [3.63, 3.8) is 0 Å². The second-order valence-electron chi connectivity index (χ2n) is 7.92. The topological polar surface area (TPSA) is 98.7 Å². The van der Waals surface area contributed by atoms with Gasteiger partial charge in [-0.3, -0.25) is 9.59 Å². The van der Waals surface area contributed by atoms with Gasteiger partial charge in [0.25, 0.3) is 0 Å². The van der Waals surface area contributed by atoms with Crippen LogP contribution in [0.2, 0.25) is 0 Å². The number of unbranched alkanes of at least 4 members (excludes halogenated alkanes) is 4. The molecule has 0 radical (unpaired) electrons. The van der Waals surface area contributed by atoms with Gasteiger partial charge in [-0.2, -0.15) is 0 Å². The van der Waals surface area contributed by atoms with E-state index in [0.29, 0.717) is 38.9 Å². The van der Waals surface area contributed by atoms with Crippen LogP contribution in [0, 0.1) is 0 Å².